The van der Waals surface area contributed by atoms with Crippen molar-refractivity contribution in [1.29, 1.82) is 0 Å². The zero-order chi connectivity index (χ0) is 13.3. The summed E-state index contributed by atoms with van der Waals surface area (Å²) in [4.78, 5) is 4.41. The minimum atomic E-state index is -3.02. The number of alkyl halides is 1. The van der Waals surface area contributed by atoms with Gasteiger partial charge in [-0.15, -0.1) is 11.3 Å². The number of hydrogen-bond acceptors (Lipinski definition) is 4. The van der Waals surface area contributed by atoms with E-state index in [2.05, 4.69) is 20.9 Å². The van der Waals surface area contributed by atoms with Crippen molar-refractivity contribution in [1.82, 2.24) is 4.98 Å². The van der Waals surface area contributed by atoms with Crippen LogP contribution in [0, 0.1) is 0 Å². The summed E-state index contributed by atoms with van der Waals surface area (Å²) in [5.41, 5.74) is 0.976. The molecule has 2 atom stereocenters. The molecule has 0 N–H and O–H groups in total. The van der Waals surface area contributed by atoms with Gasteiger partial charge in [-0.25, -0.2) is 13.4 Å². The molecule has 1 aromatic heterocycles. The number of rotatable bonds is 4. The SMILES string of the molecule is CC(C(Br)Cc1nc2ccccc2s1)S(C)(=O)=O. The van der Waals surface area contributed by atoms with Gasteiger partial charge in [0.15, 0.2) is 9.84 Å². The van der Waals surface area contributed by atoms with Crippen LogP contribution in [0.1, 0.15) is 11.9 Å². The third-order valence-electron chi connectivity index (χ3n) is 2.89. The Labute approximate surface area is 119 Å². The van der Waals surface area contributed by atoms with Gasteiger partial charge in [0.2, 0.25) is 0 Å². The van der Waals surface area contributed by atoms with Crippen molar-refractivity contribution in [2.75, 3.05) is 6.26 Å². The van der Waals surface area contributed by atoms with Crippen molar-refractivity contribution in [3.63, 3.8) is 0 Å². The summed E-state index contributed by atoms with van der Waals surface area (Å²) in [5, 5.41) is 0.554. The Morgan fingerprint density at radius 3 is 2.67 bits per heavy atom. The first kappa shape index (κ1) is 14.0. The van der Waals surface area contributed by atoms with E-state index in [1.807, 2.05) is 24.3 Å². The summed E-state index contributed by atoms with van der Waals surface area (Å²) >= 11 is 5.08. The van der Waals surface area contributed by atoms with E-state index in [0.717, 1.165) is 15.2 Å². The minimum Gasteiger partial charge on any atom is -0.241 e. The monoisotopic (exact) mass is 347 g/mol. The standard InChI is InChI=1S/C12H14BrNO2S2/c1-8(18(2,15)16)9(13)7-12-14-10-5-3-4-6-11(10)17-12/h3-6,8-9H,7H2,1-2H3. The first-order valence-corrected chi connectivity index (χ1v) is 9.24. The van der Waals surface area contributed by atoms with Crippen molar-refractivity contribution in [3.05, 3.63) is 29.3 Å². The number of hydrogen-bond donors (Lipinski definition) is 0. The molecule has 0 amide bonds. The molecule has 2 aromatic rings. The number of fused-ring (bicyclic) bond motifs is 1. The molecule has 2 unspecified atom stereocenters. The smallest absolute Gasteiger partial charge is 0.151 e. The van der Waals surface area contributed by atoms with Gasteiger partial charge in [-0.2, -0.15) is 0 Å². The molecule has 98 valence electrons. The molecule has 6 heteroatoms. The third kappa shape index (κ3) is 3.10. The summed E-state index contributed by atoms with van der Waals surface area (Å²) in [6.07, 6.45) is 1.90. The molecule has 0 aliphatic carbocycles. The van der Waals surface area contributed by atoms with Gasteiger partial charge in [0.25, 0.3) is 0 Å². The Hall–Kier alpha value is -0.460. The normalized spacial score (nSPS) is 15.7. The quantitative estimate of drug-likeness (QED) is 0.798. The first-order chi connectivity index (χ1) is 8.38. The van der Waals surface area contributed by atoms with Gasteiger partial charge < -0.3 is 0 Å². The summed E-state index contributed by atoms with van der Waals surface area (Å²) in [6, 6.07) is 7.93. The fourth-order valence-electron chi connectivity index (χ4n) is 1.61. The van der Waals surface area contributed by atoms with Crippen molar-refractivity contribution in [2.45, 2.75) is 23.4 Å². The topological polar surface area (TPSA) is 47.0 Å². The minimum absolute atomic E-state index is 0.104. The molecule has 1 aromatic carbocycles. The summed E-state index contributed by atoms with van der Waals surface area (Å²) in [7, 11) is -3.02. The average Bonchev–Trinajstić information content (AvgIpc) is 2.68. The Balaban J connectivity index is 2.19. The predicted octanol–water partition coefficient (Wildman–Crippen LogP) is 3.04. The van der Waals surface area contributed by atoms with Crippen LogP contribution < -0.4 is 0 Å². The van der Waals surface area contributed by atoms with Crippen LogP contribution in [-0.4, -0.2) is 29.7 Å². The molecule has 0 radical (unpaired) electrons. The van der Waals surface area contributed by atoms with Crippen molar-refractivity contribution in [3.8, 4) is 0 Å². The molecule has 0 saturated heterocycles. The van der Waals surface area contributed by atoms with E-state index in [0.29, 0.717) is 6.42 Å². The lowest BCUT2D eigenvalue weighted by atomic mass is 10.2. The Kier molecular flexibility index (Phi) is 4.08. The molecule has 3 nitrogen and oxygen atoms in total. The van der Waals surface area contributed by atoms with Crippen LogP contribution in [0.3, 0.4) is 0 Å². The number of thiazole rings is 1. The second kappa shape index (κ2) is 5.27. The second-order valence-electron chi connectivity index (χ2n) is 4.33. The van der Waals surface area contributed by atoms with Gasteiger partial charge >= 0.3 is 0 Å². The van der Waals surface area contributed by atoms with Crippen molar-refractivity contribution >= 4 is 47.3 Å². The van der Waals surface area contributed by atoms with E-state index in [9.17, 15) is 8.42 Å². The van der Waals surface area contributed by atoms with Crippen LogP contribution in [0.4, 0.5) is 0 Å². The molecule has 18 heavy (non-hydrogen) atoms. The Morgan fingerprint density at radius 2 is 2.06 bits per heavy atom. The van der Waals surface area contributed by atoms with Crippen LogP contribution in [0.25, 0.3) is 10.2 Å². The predicted molar refractivity (Wildman–Crippen MR) is 80.3 cm³/mol. The molecular weight excluding hydrogens is 334 g/mol. The Bertz CT molecular complexity index is 618. The maximum atomic E-state index is 11.5. The van der Waals surface area contributed by atoms with Crippen LogP contribution >= 0.6 is 27.3 Å². The molecule has 2 rings (SSSR count). The third-order valence-corrected chi connectivity index (χ3v) is 7.10. The van der Waals surface area contributed by atoms with Gasteiger partial charge in [0.1, 0.15) is 0 Å². The summed E-state index contributed by atoms with van der Waals surface area (Å²) in [5.74, 6) is 0. The zero-order valence-electron chi connectivity index (χ0n) is 10.1. The number of aromatic nitrogens is 1. The molecule has 0 aliphatic rings. The molecule has 0 saturated carbocycles. The van der Waals surface area contributed by atoms with E-state index < -0.39 is 15.1 Å². The van der Waals surface area contributed by atoms with Gasteiger partial charge in [-0.05, 0) is 19.1 Å². The number of para-hydroxylation sites is 1. The fourth-order valence-corrected chi connectivity index (χ4v) is 4.96. The summed E-state index contributed by atoms with van der Waals surface area (Å²) in [6.45, 7) is 1.72. The lowest BCUT2D eigenvalue weighted by Crippen LogP contribution is -2.27. The number of benzene rings is 1. The zero-order valence-corrected chi connectivity index (χ0v) is 13.3. The highest BCUT2D eigenvalue weighted by Gasteiger charge is 2.24. The fraction of sp³-hybridized carbons (Fsp3) is 0.417. The van der Waals surface area contributed by atoms with Gasteiger partial charge in [0, 0.05) is 17.5 Å². The number of halogens is 1. The first-order valence-electron chi connectivity index (χ1n) is 5.55. The Morgan fingerprint density at radius 1 is 1.39 bits per heavy atom. The highest BCUT2D eigenvalue weighted by Crippen LogP contribution is 2.25. The van der Waals surface area contributed by atoms with E-state index in [4.69, 9.17) is 0 Å². The van der Waals surface area contributed by atoms with Crippen molar-refractivity contribution in [2.24, 2.45) is 0 Å². The van der Waals surface area contributed by atoms with Crippen LogP contribution in [0.15, 0.2) is 24.3 Å². The molecular formula is C12H14BrNO2S2. The second-order valence-corrected chi connectivity index (χ2v) is 9.02. The molecule has 0 bridgehead atoms. The van der Waals surface area contributed by atoms with E-state index >= 15 is 0 Å². The molecule has 1 heterocycles. The highest BCUT2D eigenvalue weighted by atomic mass is 79.9. The lowest BCUT2D eigenvalue weighted by Gasteiger charge is -2.14. The average molecular weight is 348 g/mol. The van der Waals surface area contributed by atoms with E-state index in [-0.39, 0.29) is 4.83 Å². The van der Waals surface area contributed by atoms with E-state index in [1.165, 1.54) is 6.26 Å². The van der Waals surface area contributed by atoms with Gasteiger partial charge in [-0.1, -0.05) is 28.1 Å². The van der Waals surface area contributed by atoms with E-state index in [1.54, 1.807) is 18.3 Å². The van der Waals surface area contributed by atoms with Crippen LogP contribution in [-0.2, 0) is 16.3 Å². The number of nitrogens with zero attached hydrogens (tertiary/aromatic N) is 1. The molecule has 0 fully saturated rings. The maximum absolute atomic E-state index is 11.5. The lowest BCUT2D eigenvalue weighted by molar-refractivity contribution is 0.586. The largest absolute Gasteiger partial charge is 0.241 e. The molecule has 0 aliphatic heterocycles. The highest BCUT2D eigenvalue weighted by molar-refractivity contribution is 9.09. The van der Waals surface area contributed by atoms with Gasteiger partial charge in [0.05, 0.1) is 20.5 Å². The van der Waals surface area contributed by atoms with Crippen LogP contribution in [0.2, 0.25) is 0 Å². The number of sulfone groups is 1. The van der Waals surface area contributed by atoms with Gasteiger partial charge in [-0.3, -0.25) is 0 Å². The van der Waals surface area contributed by atoms with Crippen molar-refractivity contribution < 1.29 is 8.42 Å². The summed E-state index contributed by atoms with van der Waals surface area (Å²) < 4.78 is 24.1. The maximum Gasteiger partial charge on any atom is 0.151 e. The van der Waals surface area contributed by atoms with Crippen LogP contribution in [0.5, 0.6) is 0 Å². The molecule has 0 spiro atoms.